The number of aromatic nitrogens is 4. The summed E-state index contributed by atoms with van der Waals surface area (Å²) in [4.78, 5) is 29.2. The van der Waals surface area contributed by atoms with Crippen molar-refractivity contribution in [2.24, 2.45) is 0 Å². The van der Waals surface area contributed by atoms with E-state index in [-0.39, 0.29) is 37.0 Å². The minimum absolute atomic E-state index is 0.0713. The van der Waals surface area contributed by atoms with Crippen LogP contribution in [0.2, 0.25) is 0 Å². The SMILES string of the molecule is COc1ccccc1OCC(=O)NCCn1ncc2c(=O)n(Cc3ccccc3F)cnc21. The minimum atomic E-state index is -0.384. The zero-order chi connectivity index (χ0) is 23.2. The molecule has 0 saturated heterocycles. The first-order valence-electron chi connectivity index (χ1n) is 10.2. The average molecular weight is 451 g/mol. The molecule has 0 aliphatic carbocycles. The monoisotopic (exact) mass is 451 g/mol. The van der Waals surface area contributed by atoms with Crippen LogP contribution in [-0.4, -0.2) is 45.5 Å². The standard InChI is InChI=1S/C23H22FN5O4/c1-32-19-8-4-5-9-20(19)33-14-21(30)25-10-11-29-22-17(12-27-29)23(31)28(15-26-22)13-16-6-2-3-7-18(16)24/h2-9,12,15H,10-11,13-14H2,1H3,(H,25,30). The maximum atomic E-state index is 13.9. The topological polar surface area (TPSA) is 100 Å². The van der Waals surface area contributed by atoms with Crippen molar-refractivity contribution in [1.29, 1.82) is 0 Å². The number of amides is 1. The van der Waals surface area contributed by atoms with Gasteiger partial charge in [-0.25, -0.2) is 14.1 Å². The van der Waals surface area contributed by atoms with Crippen LogP contribution in [0.5, 0.6) is 11.5 Å². The highest BCUT2D eigenvalue weighted by Gasteiger charge is 2.12. The Labute approximate surface area is 188 Å². The van der Waals surface area contributed by atoms with Crippen LogP contribution in [0, 0.1) is 5.82 Å². The summed E-state index contributed by atoms with van der Waals surface area (Å²) in [6.45, 7) is 0.486. The first-order chi connectivity index (χ1) is 16.1. The zero-order valence-electron chi connectivity index (χ0n) is 17.9. The summed E-state index contributed by atoms with van der Waals surface area (Å²) in [6.07, 6.45) is 2.80. The van der Waals surface area contributed by atoms with Crippen molar-refractivity contribution in [3.63, 3.8) is 0 Å². The van der Waals surface area contributed by atoms with E-state index in [0.717, 1.165) is 0 Å². The van der Waals surface area contributed by atoms with E-state index in [9.17, 15) is 14.0 Å². The van der Waals surface area contributed by atoms with Crippen molar-refractivity contribution >= 4 is 16.9 Å². The van der Waals surface area contributed by atoms with Gasteiger partial charge in [0.25, 0.3) is 11.5 Å². The van der Waals surface area contributed by atoms with Crippen LogP contribution in [0.3, 0.4) is 0 Å². The Kier molecular flexibility index (Phi) is 6.63. The van der Waals surface area contributed by atoms with Crippen LogP contribution in [-0.2, 0) is 17.9 Å². The molecular weight excluding hydrogens is 429 g/mol. The molecule has 33 heavy (non-hydrogen) atoms. The number of ether oxygens (including phenoxy) is 2. The highest BCUT2D eigenvalue weighted by molar-refractivity contribution is 5.77. The largest absolute Gasteiger partial charge is 0.493 e. The Bertz CT molecular complexity index is 1330. The van der Waals surface area contributed by atoms with E-state index in [0.29, 0.717) is 34.6 Å². The van der Waals surface area contributed by atoms with Crippen LogP contribution in [0.15, 0.2) is 65.8 Å². The number of nitrogens with one attached hydrogen (secondary N) is 1. The molecule has 10 heteroatoms. The second-order valence-corrected chi connectivity index (χ2v) is 7.16. The van der Waals surface area contributed by atoms with Gasteiger partial charge in [0.05, 0.1) is 26.4 Å². The van der Waals surface area contributed by atoms with Gasteiger partial charge in [-0.1, -0.05) is 30.3 Å². The third-order valence-electron chi connectivity index (χ3n) is 4.99. The molecule has 0 radical (unpaired) electrons. The lowest BCUT2D eigenvalue weighted by atomic mass is 10.2. The maximum Gasteiger partial charge on any atom is 0.264 e. The highest BCUT2D eigenvalue weighted by Crippen LogP contribution is 2.25. The number of fused-ring (bicyclic) bond motifs is 1. The number of halogens is 1. The van der Waals surface area contributed by atoms with E-state index < -0.39 is 0 Å². The number of hydrogen-bond donors (Lipinski definition) is 1. The Morgan fingerprint density at radius 2 is 1.88 bits per heavy atom. The van der Waals surface area contributed by atoms with Crippen LogP contribution < -0.4 is 20.3 Å². The van der Waals surface area contributed by atoms with Crippen molar-refractivity contribution in [3.8, 4) is 11.5 Å². The quantitative estimate of drug-likeness (QED) is 0.418. The summed E-state index contributed by atoms with van der Waals surface area (Å²) < 4.78 is 27.5. The molecule has 0 fully saturated rings. The number of methoxy groups -OCH3 is 1. The van der Waals surface area contributed by atoms with Crippen molar-refractivity contribution in [1.82, 2.24) is 24.6 Å². The number of benzene rings is 2. The lowest BCUT2D eigenvalue weighted by Crippen LogP contribution is -2.32. The van der Waals surface area contributed by atoms with Crippen molar-refractivity contribution in [2.75, 3.05) is 20.3 Å². The molecule has 0 saturated carbocycles. The van der Waals surface area contributed by atoms with E-state index >= 15 is 0 Å². The van der Waals surface area contributed by atoms with Crippen LogP contribution in [0.1, 0.15) is 5.56 Å². The molecule has 0 atom stereocenters. The Balaban J connectivity index is 1.35. The normalized spacial score (nSPS) is 10.8. The van der Waals surface area contributed by atoms with E-state index in [4.69, 9.17) is 9.47 Å². The van der Waals surface area contributed by atoms with Crippen LogP contribution in [0.4, 0.5) is 4.39 Å². The molecule has 4 rings (SSSR count). The van der Waals surface area contributed by atoms with Gasteiger partial charge in [0.15, 0.2) is 23.8 Å². The molecule has 0 bridgehead atoms. The third kappa shape index (κ3) is 5.00. The first kappa shape index (κ1) is 22.0. The number of hydrogen-bond acceptors (Lipinski definition) is 6. The molecule has 9 nitrogen and oxygen atoms in total. The van der Waals surface area contributed by atoms with Crippen molar-refractivity contribution < 1.29 is 18.7 Å². The molecule has 1 N–H and O–H groups in total. The Hall–Kier alpha value is -4.21. The van der Waals surface area contributed by atoms with Crippen LogP contribution in [0.25, 0.3) is 11.0 Å². The highest BCUT2D eigenvalue weighted by atomic mass is 19.1. The predicted octanol–water partition coefficient (Wildman–Crippen LogP) is 1.98. The fourth-order valence-corrected chi connectivity index (χ4v) is 3.32. The summed E-state index contributed by atoms with van der Waals surface area (Å²) in [7, 11) is 1.53. The summed E-state index contributed by atoms with van der Waals surface area (Å²) in [5, 5.41) is 7.26. The molecule has 0 aliphatic rings. The van der Waals surface area contributed by atoms with E-state index in [1.165, 1.54) is 34.9 Å². The van der Waals surface area contributed by atoms with Gasteiger partial charge in [0, 0.05) is 12.1 Å². The fraction of sp³-hybridized carbons (Fsp3) is 0.217. The van der Waals surface area contributed by atoms with Gasteiger partial charge in [0.2, 0.25) is 0 Å². The molecular formula is C23H22FN5O4. The van der Waals surface area contributed by atoms with E-state index in [1.54, 1.807) is 36.4 Å². The van der Waals surface area contributed by atoms with Crippen molar-refractivity contribution in [2.45, 2.75) is 13.1 Å². The molecule has 0 aliphatic heterocycles. The number of carbonyl (C=O) groups excluding carboxylic acids is 1. The minimum Gasteiger partial charge on any atom is -0.493 e. The molecule has 2 aromatic carbocycles. The molecule has 0 spiro atoms. The van der Waals surface area contributed by atoms with Gasteiger partial charge in [-0.15, -0.1) is 0 Å². The summed E-state index contributed by atoms with van der Waals surface area (Å²) >= 11 is 0. The fourth-order valence-electron chi connectivity index (χ4n) is 3.32. The lowest BCUT2D eigenvalue weighted by molar-refractivity contribution is -0.123. The van der Waals surface area contributed by atoms with Crippen molar-refractivity contribution in [3.05, 3.63) is 82.8 Å². The summed E-state index contributed by atoms with van der Waals surface area (Å²) in [5.74, 6) is 0.326. The third-order valence-corrected chi connectivity index (χ3v) is 4.99. The van der Waals surface area contributed by atoms with Gasteiger partial charge < -0.3 is 14.8 Å². The average Bonchev–Trinajstić information content (AvgIpc) is 3.24. The van der Waals surface area contributed by atoms with Gasteiger partial charge in [0.1, 0.15) is 17.5 Å². The maximum absolute atomic E-state index is 13.9. The van der Waals surface area contributed by atoms with E-state index in [2.05, 4.69) is 15.4 Å². The molecule has 2 heterocycles. The second kappa shape index (κ2) is 9.94. The van der Waals surface area contributed by atoms with Gasteiger partial charge in [-0.05, 0) is 18.2 Å². The van der Waals surface area contributed by atoms with E-state index in [1.807, 2.05) is 6.07 Å². The Morgan fingerprint density at radius 3 is 2.67 bits per heavy atom. The molecule has 1 amide bonds. The first-order valence-corrected chi connectivity index (χ1v) is 10.2. The zero-order valence-corrected chi connectivity index (χ0v) is 17.9. The van der Waals surface area contributed by atoms with Gasteiger partial charge in [-0.2, -0.15) is 5.10 Å². The number of nitrogens with zero attached hydrogens (tertiary/aromatic N) is 4. The smallest absolute Gasteiger partial charge is 0.264 e. The molecule has 0 unspecified atom stereocenters. The molecule has 2 aromatic heterocycles. The number of rotatable bonds is 9. The molecule has 170 valence electrons. The summed E-state index contributed by atoms with van der Waals surface area (Å²) in [5.41, 5.74) is 0.472. The van der Waals surface area contributed by atoms with Gasteiger partial charge >= 0.3 is 0 Å². The van der Waals surface area contributed by atoms with Crippen LogP contribution >= 0.6 is 0 Å². The predicted molar refractivity (Wildman–Crippen MR) is 119 cm³/mol. The second-order valence-electron chi connectivity index (χ2n) is 7.16. The number of carbonyl (C=O) groups is 1. The van der Waals surface area contributed by atoms with Gasteiger partial charge in [-0.3, -0.25) is 14.2 Å². The summed E-state index contributed by atoms with van der Waals surface area (Å²) in [6, 6.07) is 13.3. The Morgan fingerprint density at radius 1 is 1.12 bits per heavy atom. The molecule has 4 aromatic rings. The lowest BCUT2D eigenvalue weighted by Gasteiger charge is -2.10. The number of para-hydroxylation sites is 2.